The molecule has 2 aromatic carbocycles. The molecule has 0 bridgehead atoms. The molecule has 0 saturated heterocycles. The molecular formula is C14H11FO2. The Kier molecular flexibility index (Phi) is 2.91. The van der Waals surface area contributed by atoms with Gasteiger partial charge in [0.05, 0.1) is 5.56 Å². The molecule has 2 nitrogen and oxygen atoms in total. The summed E-state index contributed by atoms with van der Waals surface area (Å²) < 4.78 is 13.1. The van der Waals surface area contributed by atoms with Gasteiger partial charge in [-0.05, 0) is 30.7 Å². The molecule has 0 heterocycles. The number of phenols is 1. The van der Waals surface area contributed by atoms with E-state index in [1.165, 1.54) is 6.07 Å². The highest BCUT2D eigenvalue weighted by Gasteiger charge is 2.15. The smallest absolute Gasteiger partial charge is 0.197 e. The van der Waals surface area contributed by atoms with Gasteiger partial charge in [-0.3, -0.25) is 4.79 Å². The van der Waals surface area contributed by atoms with Crippen LogP contribution in [0.3, 0.4) is 0 Å². The Labute approximate surface area is 98.3 Å². The lowest BCUT2D eigenvalue weighted by atomic mass is 9.98. The molecule has 0 amide bonds. The van der Waals surface area contributed by atoms with Gasteiger partial charge in [0.15, 0.2) is 5.78 Å². The highest BCUT2D eigenvalue weighted by Crippen LogP contribution is 2.22. The summed E-state index contributed by atoms with van der Waals surface area (Å²) in [7, 11) is 0. The highest BCUT2D eigenvalue weighted by atomic mass is 19.1. The lowest BCUT2D eigenvalue weighted by molar-refractivity contribution is 0.103. The number of hydrogen-bond donors (Lipinski definition) is 1. The molecular weight excluding hydrogens is 219 g/mol. The van der Waals surface area contributed by atoms with E-state index in [-0.39, 0.29) is 17.1 Å². The Balaban J connectivity index is 2.51. The molecule has 0 spiro atoms. The quantitative estimate of drug-likeness (QED) is 0.805. The molecule has 0 atom stereocenters. The van der Waals surface area contributed by atoms with E-state index in [4.69, 9.17) is 0 Å². The SMILES string of the molecule is Cc1ccccc1C(=O)c1cc(F)ccc1O. The first-order chi connectivity index (χ1) is 8.09. The number of phenolic OH excluding ortho intramolecular Hbond substituents is 1. The van der Waals surface area contributed by atoms with Gasteiger partial charge in [-0.15, -0.1) is 0 Å². The maximum absolute atomic E-state index is 13.1. The monoisotopic (exact) mass is 230 g/mol. The molecule has 3 heteroatoms. The third-order valence-corrected chi connectivity index (χ3v) is 2.59. The van der Waals surface area contributed by atoms with E-state index in [1.54, 1.807) is 25.1 Å². The lowest BCUT2D eigenvalue weighted by Crippen LogP contribution is -2.04. The molecule has 17 heavy (non-hydrogen) atoms. The molecule has 0 fully saturated rings. The molecule has 0 unspecified atom stereocenters. The van der Waals surface area contributed by atoms with E-state index >= 15 is 0 Å². The van der Waals surface area contributed by atoms with Crippen LogP contribution in [0, 0.1) is 12.7 Å². The molecule has 0 aliphatic carbocycles. The number of hydrogen-bond acceptors (Lipinski definition) is 2. The highest BCUT2D eigenvalue weighted by molar-refractivity contribution is 6.11. The molecule has 1 N–H and O–H groups in total. The van der Waals surface area contributed by atoms with Crippen LogP contribution in [0.2, 0.25) is 0 Å². The van der Waals surface area contributed by atoms with Crippen molar-refractivity contribution in [2.24, 2.45) is 0 Å². The van der Waals surface area contributed by atoms with Crippen LogP contribution in [0.1, 0.15) is 21.5 Å². The average Bonchev–Trinajstić information content (AvgIpc) is 2.32. The van der Waals surface area contributed by atoms with Crippen LogP contribution in [0.5, 0.6) is 5.75 Å². The van der Waals surface area contributed by atoms with Gasteiger partial charge in [0, 0.05) is 5.56 Å². The minimum Gasteiger partial charge on any atom is -0.507 e. The van der Waals surface area contributed by atoms with Crippen molar-refractivity contribution >= 4 is 5.78 Å². The largest absolute Gasteiger partial charge is 0.507 e. The second-order valence-electron chi connectivity index (χ2n) is 3.81. The number of ketones is 1. The topological polar surface area (TPSA) is 37.3 Å². The van der Waals surface area contributed by atoms with Crippen molar-refractivity contribution < 1.29 is 14.3 Å². The summed E-state index contributed by atoms with van der Waals surface area (Å²) >= 11 is 0. The van der Waals surface area contributed by atoms with Crippen LogP contribution in [-0.2, 0) is 0 Å². The van der Waals surface area contributed by atoms with Crippen molar-refractivity contribution in [3.8, 4) is 5.75 Å². The normalized spacial score (nSPS) is 10.2. The summed E-state index contributed by atoms with van der Waals surface area (Å²) in [5.74, 6) is -1.13. The Hall–Kier alpha value is -2.16. The zero-order chi connectivity index (χ0) is 12.4. The van der Waals surface area contributed by atoms with Crippen molar-refractivity contribution in [3.63, 3.8) is 0 Å². The number of carbonyl (C=O) groups excluding carboxylic acids is 1. The number of aromatic hydroxyl groups is 1. The van der Waals surface area contributed by atoms with Crippen LogP contribution >= 0.6 is 0 Å². The first kappa shape index (κ1) is 11.3. The maximum atomic E-state index is 13.1. The summed E-state index contributed by atoms with van der Waals surface area (Å²) in [4.78, 5) is 12.1. The van der Waals surface area contributed by atoms with Crippen molar-refractivity contribution in [2.75, 3.05) is 0 Å². The van der Waals surface area contributed by atoms with Gasteiger partial charge in [0.1, 0.15) is 11.6 Å². The van der Waals surface area contributed by atoms with Crippen LogP contribution in [0.25, 0.3) is 0 Å². The van der Waals surface area contributed by atoms with Gasteiger partial charge in [-0.1, -0.05) is 24.3 Å². The van der Waals surface area contributed by atoms with Crippen LogP contribution in [0.4, 0.5) is 4.39 Å². The maximum Gasteiger partial charge on any atom is 0.197 e. The summed E-state index contributed by atoms with van der Waals surface area (Å²) in [5, 5.41) is 9.57. The summed E-state index contributed by atoms with van der Waals surface area (Å²) in [6.07, 6.45) is 0. The number of halogens is 1. The van der Waals surface area contributed by atoms with Gasteiger partial charge in [-0.25, -0.2) is 4.39 Å². The second kappa shape index (κ2) is 4.37. The van der Waals surface area contributed by atoms with Gasteiger partial charge < -0.3 is 5.11 Å². The first-order valence-corrected chi connectivity index (χ1v) is 5.18. The molecule has 2 rings (SSSR count). The Morgan fingerprint density at radius 1 is 1.12 bits per heavy atom. The minimum atomic E-state index is -0.542. The minimum absolute atomic E-state index is 0.0145. The zero-order valence-electron chi connectivity index (χ0n) is 9.27. The van der Waals surface area contributed by atoms with Crippen molar-refractivity contribution in [3.05, 3.63) is 65.0 Å². The number of carbonyl (C=O) groups is 1. The van der Waals surface area contributed by atoms with Gasteiger partial charge in [-0.2, -0.15) is 0 Å². The Bertz CT molecular complexity index is 576. The van der Waals surface area contributed by atoms with Crippen molar-refractivity contribution in [1.29, 1.82) is 0 Å². The average molecular weight is 230 g/mol. The molecule has 0 aliphatic heterocycles. The standard InChI is InChI=1S/C14H11FO2/c1-9-4-2-3-5-11(9)14(17)12-8-10(15)6-7-13(12)16/h2-8,16H,1H3. The van der Waals surface area contributed by atoms with E-state index in [2.05, 4.69) is 0 Å². The number of rotatable bonds is 2. The Morgan fingerprint density at radius 3 is 2.53 bits per heavy atom. The van der Waals surface area contributed by atoms with Crippen molar-refractivity contribution in [1.82, 2.24) is 0 Å². The number of benzene rings is 2. The first-order valence-electron chi connectivity index (χ1n) is 5.18. The van der Waals surface area contributed by atoms with Crippen LogP contribution in [0.15, 0.2) is 42.5 Å². The fourth-order valence-corrected chi connectivity index (χ4v) is 1.66. The predicted molar refractivity (Wildman–Crippen MR) is 62.7 cm³/mol. The fraction of sp³-hybridized carbons (Fsp3) is 0.0714. The molecule has 0 radical (unpaired) electrons. The molecule has 0 aromatic heterocycles. The van der Waals surface area contributed by atoms with Gasteiger partial charge >= 0.3 is 0 Å². The third-order valence-electron chi connectivity index (χ3n) is 2.59. The van der Waals surface area contributed by atoms with E-state index in [0.29, 0.717) is 5.56 Å². The van der Waals surface area contributed by atoms with E-state index in [1.807, 2.05) is 6.07 Å². The second-order valence-corrected chi connectivity index (χ2v) is 3.81. The molecule has 0 aliphatic rings. The molecule has 0 saturated carbocycles. The van der Waals surface area contributed by atoms with E-state index in [9.17, 15) is 14.3 Å². The summed E-state index contributed by atoms with van der Waals surface area (Å²) in [6, 6.07) is 10.3. The van der Waals surface area contributed by atoms with Crippen LogP contribution < -0.4 is 0 Å². The van der Waals surface area contributed by atoms with E-state index < -0.39 is 5.82 Å². The Morgan fingerprint density at radius 2 is 1.82 bits per heavy atom. The summed E-state index contributed by atoms with van der Waals surface area (Å²) in [5.41, 5.74) is 1.24. The fourth-order valence-electron chi connectivity index (χ4n) is 1.66. The lowest BCUT2D eigenvalue weighted by Gasteiger charge is -2.06. The summed E-state index contributed by atoms with van der Waals surface area (Å²) in [6.45, 7) is 1.80. The van der Waals surface area contributed by atoms with Gasteiger partial charge in [0.25, 0.3) is 0 Å². The molecule has 2 aromatic rings. The van der Waals surface area contributed by atoms with Gasteiger partial charge in [0.2, 0.25) is 0 Å². The predicted octanol–water partition coefficient (Wildman–Crippen LogP) is 3.07. The zero-order valence-corrected chi connectivity index (χ0v) is 9.27. The van der Waals surface area contributed by atoms with Crippen LogP contribution in [-0.4, -0.2) is 10.9 Å². The number of aryl methyl sites for hydroxylation is 1. The molecule has 86 valence electrons. The van der Waals surface area contributed by atoms with E-state index in [0.717, 1.165) is 17.7 Å². The van der Waals surface area contributed by atoms with Crippen molar-refractivity contribution in [2.45, 2.75) is 6.92 Å². The third kappa shape index (κ3) is 2.18.